The maximum absolute atomic E-state index is 13.1. The van der Waals surface area contributed by atoms with Gasteiger partial charge in [-0.1, -0.05) is 53.5 Å². The van der Waals surface area contributed by atoms with E-state index >= 15 is 0 Å². The molecule has 0 fully saturated rings. The van der Waals surface area contributed by atoms with Gasteiger partial charge in [-0.15, -0.1) is 0 Å². The number of nitrogens with zero attached hydrogens (tertiary/aromatic N) is 4. The highest BCUT2D eigenvalue weighted by Crippen LogP contribution is 2.38. The third-order valence-corrected chi connectivity index (χ3v) is 6.22. The lowest BCUT2D eigenvalue weighted by Gasteiger charge is -2.20. The Morgan fingerprint density at radius 3 is 2.26 bits per heavy atom. The molecule has 0 saturated heterocycles. The number of hydrogen-bond acceptors (Lipinski definition) is 5. The van der Waals surface area contributed by atoms with Crippen LogP contribution in [0.25, 0.3) is 33.4 Å². The van der Waals surface area contributed by atoms with Crippen LogP contribution in [0.5, 0.6) is 0 Å². The van der Waals surface area contributed by atoms with E-state index in [1.165, 1.54) is 0 Å². The zero-order chi connectivity index (χ0) is 25.1. The molecule has 0 unspecified atom stereocenters. The molecule has 4 rings (SSSR count). The second kappa shape index (κ2) is 10.6. The lowest BCUT2D eigenvalue weighted by molar-refractivity contribution is 0.0761. The Hall–Kier alpha value is -3.22. The normalized spacial score (nSPS) is 11.2. The van der Waals surface area contributed by atoms with Gasteiger partial charge in [0.15, 0.2) is 5.65 Å². The van der Waals surface area contributed by atoms with Crippen LogP contribution in [0, 0.1) is 0 Å². The maximum Gasteiger partial charge on any atom is 0.291 e. The Labute approximate surface area is 215 Å². The van der Waals surface area contributed by atoms with Gasteiger partial charge in [0.2, 0.25) is 5.82 Å². The number of rotatable bonds is 7. The second-order valence-electron chi connectivity index (χ2n) is 8.41. The highest BCUT2D eigenvalue weighted by atomic mass is 35.5. The van der Waals surface area contributed by atoms with Gasteiger partial charge in [-0.3, -0.25) is 4.79 Å². The SMILES string of the molecule is CCN(CC)C(=O)c1nc(NC(C)C)c2cc(-c3ccc(Cl)cc3)c(-c3ccccc3Cl)nc2n1. The van der Waals surface area contributed by atoms with Crippen LogP contribution in [-0.2, 0) is 0 Å². The van der Waals surface area contributed by atoms with Gasteiger partial charge in [0.05, 0.1) is 11.1 Å². The fraction of sp³-hybridized carbons (Fsp3) is 0.259. The molecule has 2 aromatic carbocycles. The van der Waals surface area contributed by atoms with Gasteiger partial charge in [-0.05, 0) is 57.5 Å². The molecule has 0 aliphatic carbocycles. The molecule has 2 aromatic heterocycles. The molecule has 0 saturated carbocycles. The quantitative estimate of drug-likeness (QED) is 0.292. The van der Waals surface area contributed by atoms with Crippen LogP contribution in [-0.4, -0.2) is 44.9 Å². The number of nitrogens with one attached hydrogen (secondary N) is 1. The smallest absolute Gasteiger partial charge is 0.291 e. The zero-order valence-electron chi connectivity index (χ0n) is 20.1. The van der Waals surface area contributed by atoms with E-state index in [-0.39, 0.29) is 17.8 Å². The first-order valence-corrected chi connectivity index (χ1v) is 12.4. The average molecular weight is 508 g/mol. The molecule has 0 atom stereocenters. The number of benzene rings is 2. The number of carbonyl (C=O) groups is 1. The average Bonchev–Trinajstić information content (AvgIpc) is 2.84. The molecule has 35 heavy (non-hydrogen) atoms. The van der Waals surface area contributed by atoms with Gasteiger partial charge in [0.1, 0.15) is 5.82 Å². The summed E-state index contributed by atoms with van der Waals surface area (Å²) in [5.74, 6) is 0.446. The minimum atomic E-state index is -0.230. The van der Waals surface area contributed by atoms with Gasteiger partial charge in [0, 0.05) is 40.3 Å². The molecule has 0 bridgehead atoms. The van der Waals surface area contributed by atoms with Crippen LogP contribution in [0.1, 0.15) is 38.3 Å². The van der Waals surface area contributed by atoms with Gasteiger partial charge < -0.3 is 10.2 Å². The number of amides is 1. The van der Waals surface area contributed by atoms with Gasteiger partial charge in [-0.25, -0.2) is 15.0 Å². The van der Waals surface area contributed by atoms with Crippen molar-refractivity contribution < 1.29 is 4.79 Å². The summed E-state index contributed by atoms with van der Waals surface area (Å²) in [4.78, 5) is 29.0. The van der Waals surface area contributed by atoms with Crippen molar-refractivity contribution in [3.8, 4) is 22.4 Å². The largest absolute Gasteiger partial charge is 0.367 e. The lowest BCUT2D eigenvalue weighted by Crippen LogP contribution is -2.32. The van der Waals surface area contributed by atoms with E-state index in [2.05, 4.69) is 15.3 Å². The summed E-state index contributed by atoms with van der Waals surface area (Å²) in [6.07, 6.45) is 0. The van der Waals surface area contributed by atoms with E-state index in [0.717, 1.165) is 22.1 Å². The molecule has 8 heteroatoms. The fourth-order valence-electron chi connectivity index (χ4n) is 3.89. The van der Waals surface area contributed by atoms with E-state index in [1.807, 2.05) is 82.3 Å². The molecule has 6 nitrogen and oxygen atoms in total. The fourth-order valence-corrected chi connectivity index (χ4v) is 4.25. The Morgan fingerprint density at radius 2 is 1.63 bits per heavy atom. The minimum absolute atomic E-state index is 0.0896. The summed E-state index contributed by atoms with van der Waals surface area (Å²) in [5.41, 5.74) is 3.65. The molecule has 0 aliphatic heterocycles. The molecule has 2 heterocycles. The van der Waals surface area contributed by atoms with Crippen LogP contribution in [0.15, 0.2) is 54.6 Å². The molecule has 180 valence electrons. The van der Waals surface area contributed by atoms with Crippen molar-refractivity contribution in [2.45, 2.75) is 33.7 Å². The summed E-state index contributed by atoms with van der Waals surface area (Å²) < 4.78 is 0. The van der Waals surface area contributed by atoms with Crippen molar-refractivity contribution in [2.75, 3.05) is 18.4 Å². The summed E-state index contributed by atoms with van der Waals surface area (Å²) in [5, 5.41) is 5.30. The molecule has 0 spiro atoms. The van der Waals surface area contributed by atoms with E-state index in [0.29, 0.717) is 40.3 Å². The summed E-state index contributed by atoms with van der Waals surface area (Å²) in [6.45, 7) is 9.04. The van der Waals surface area contributed by atoms with Crippen LogP contribution in [0.2, 0.25) is 10.0 Å². The predicted molar refractivity (Wildman–Crippen MR) is 144 cm³/mol. The molecular formula is C27H27Cl2N5O. The first-order valence-electron chi connectivity index (χ1n) is 11.6. The highest BCUT2D eigenvalue weighted by molar-refractivity contribution is 6.33. The van der Waals surface area contributed by atoms with Crippen molar-refractivity contribution in [2.24, 2.45) is 0 Å². The molecule has 4 aromatic rings. The van der Waals surface area contributed by atoms with Gasteiger partial charge >= 0.3 is 0 Å². The van der Waals surface area contributed by atoms with E-state index in [4.69, 9.17) is 28.2 Å². The van der Waals surface area contributed by atoms with E-state index in [1.54, 1.807) is 4.90 Å². The minimum Gasteiger partial charge on any atom is -0.367 e. The van der Waals surface area contributed by atoms with Crippen molar-refractivity contribution in [1.82, 2.24) is 19.9 Å². The van der Waals surface area contributed by atoms with Crippen LogP contribution < -0.4 is 5.32 Å². The van der Waals surface area contributed by atoms with Crippen LogP contribution in [0.4, 0.5) is 5.82 Å². The summed E-state index contributed by atoms with van der Waals surface area (Å²) in [7, 11) is 0. The van der Waals surface area contributed by atoms with Crippen molar-refractivity contribution in [1.29, 1.82) is 0 Å². The van der Waals surface area contributed by atoms with Crippen molar-refractivity contribution in [3.63, 3.8) is 0 Å². The number of halogens is 2. The zero-order valence-corrected chi connectivity index (χ0v) is 21.7. The standard InChI is InChI=1S/C27H27Cl2N5O/c1-5-34(6-2)27(35)26-32-24(30-16(3)4)21-15-20(17-11-13-18(28)14-12-17)23(31-25(21)33-26)19-9-7-8-10-22(19)29/h7-16H,5-6H2,1-4H3,(H,30,31,32,33). The number of pyridine rings is 1. The third kappa shape index (κ3) is 5.24. The molecule has 0 aliphatic rings. The monoisotopic (exact) mass is 507 g/mol. The van der Waals surface area contributed by atoms with E-state index in [9.17, 15) is 4.79 Å². The van der Waals surface area contributed by atoms with E-state index < -0.39 is 0 Å². The number of carbonyl (C=O) groups excluding carboxylic acids is 1. The molecule has 0 radical (unpaired) electrons. The van der Waals surface area contributed by atoms with Crippen molar-refractivity contribution >= 4 is 46.0 Å². The first kappa shape index (κ1) is 24.9. The van der Waals surface area contributed by atoms with Crippen LogP contribution >= 0.6 is 23.2 Å². The maximum atomic E-state index is 13.1. The van der Waals surface area contributed by atoms with Crippen molar-refractivity contribution in [3.05, 3.63) is 70.5 Å². The topological polar surface area (TPSA) is 71.0 Å². The Balaban J connectivity index is 2.04. The number of aromatic nitrogens is 3. The number of anilines is 1. The van der Waals surface area contributed by atoms with Gasteiger partial charge in [-0.2, -0.15) is 0 Å². The highest BCUT2D eigenvalue weighted by Gasteiger charge is 2.22. The summed E-state index contributed by atoms with van der Waals surface area (Å²) in [6, 6.07) is 17.2. The first-order chi connectivity index (χ1) is 16.8. The number of hydrogen-bond donors (Lipinski definition) is 1. The molecular weight excluding hydrogens is 481 g/mol. The second-order valence-corrected chi connectivity index (χ2v) is 9.26. The Kier molecular flexibility index (Phi) is 7.53. The summed E-state index contributed by atoms with van der Waals surface area (Å²) >= 11 is 12.7. The lowest BCUT2D eigenvalue weighted by atomic mass is 9.98. The van der Waals surface area contributed by atoms with Gasteiger partial charge in [0.25, 0.3) is 5.91 Å². The predicted octanol–water partition coefficient (Wildman–Crippen LogP) is 6.97. The van der Waals surface area contributed by atoms with Crippen LogP contribution in [0.3, 0.4) is 0 Å². The Morgan fingerprint density at radius 1 is 0.943 bits per heavy atom. The molecule has 1 N–H and O–H groups in total. The Bertz CT molecular complexity index is 1370. The molecule has 1 amide bonds. The third-order valence-electron chi connectivity index (χ3n) is 5.64. The number of fused-ring (bicyclic) bond motifs is 1.